The molecule has 0 bridgehead atoms. The van der Waals surface area contributed by atoms with Crippen LogP contribution in [-0.2, 0) is 32.6 Å². The molecule has 9 heteroatoms. The molecule has 1 N–H and O–H groups in total. The van der Waals surface area contributed by atoms with Crippen LogP contribution in [0.4, 0.5) is 5.69 Å². The number of halogens is 1. The summed E-state index contributed by atoms with van der Waals surface area (Å²) in [7, 11) is -3.59. The molecule has 1 atom stereocenters. The molecular weight excluding hydrogens is 570 g/mol. The highest BCUT2D eigenvalue weighted by molar-refractivity contribution is 7.92. The molecule has 2 amide bonds. The first-order valence-electron chi connectivity index (χ1n) is 14.4. The van der Waals surface area contributed by atoms with Crippen LogP contribution in [0.1, 0.15) is 54.9 Å². The normalized spacial score (nSPS) is 12.0. The molecule has 0 unspecified atom stereocenters. The van der Waals surface area contributed by atoms with E-state index in [4.69, 9.17) is 11.6 Å². The second-order valence-electron chi connectivity index (χ2n) is 10.7. The Morgan fingerprint density at radius 3 is 2.31 bits per heavy atom. The summed E-state index contributed by atoms with van der Waals surface area (Å²) < 4.78 is 26.9. The van der Waals surface area contributed by atoms with Gasteiger partial charge in [-0.2, -0.15) is 0 Å². The number of hydrogen-bond acceptors (Lipinski definition) is 4. The zero-order chi connectivity index (χ0) is 30.7. The van der Waals surface area contributed by atoms with Crippen molar-refractivity contribution in [1.29, 1.82) is 0 Å². The quantitative estimate of drug-likeness (QED) is 0.212. The van der Waals surface area contributed by atoms with Gasteiger partial charge in [0, 0.05) is 37.5 Å². The summed E-state index contributed by atoms with van der Waals surface area (Å²) in [6, 6.07) is 21.8. The van der Waals surface area contributed by atoms with Gasteiger partial charge < -0.3 is 10.2 Å². The number of amides is 2. The third-order valence-electron chi connectivity index (χ3n) is 7.18. The Hall–Kier alpha value is -3.36. The fourth-order valence-corrected chi connectivity index (χ4v) is 6.05. The molecule has 3 rings (SSSR count). The van der Waals surface area contributed by atoms with Crippen LogP contribution < -0.4 is 9.62 Å². The van der Waals surface area contributed by atoms with Crippen molar-refractivity contribution in [2.45, 2.75) is 65.5 Å². The minimum atomic E-state index is -3.59. The zero-order valence-corrected chi connectivity index (χ0v) is 26.5. The van der Waals surface area contributed by atoms with E-state index in [0.29, 0.717) is 23.7 Å². The highest BCUT2D eigenvalue weighted by Gasteiger charge is 2.31. The molecule has 0 radical (unpaired) electrons. The SMILES string of the molecule is CCCCNC(=O)[C@@H](Cc1ccccc1)N(Cc1ccccc1Cl)C(=O)CCCN(c1cc(C)ccc1C)S(C)(=O)=O. The van der Waals surface area contributed by atoms with E-state index in [1.807, 2.05) is 80.6 Å². The van der Waals surface area contributed by atoms with Crippen LogP contribution >= 0.6 is 11.6 Å². The molecule has 3 aromatic carbocycles. The van der Waals surface area contributed by atoms with Crippen LogP contribution in [0.5, 0.6) is 0 Å². The summed E-state index contributed by atoms with van der Waals surface area (Å²) in [4.78, 5) is 29.1. The molecule has 0 fully saturated rings. The minimum Gasteiger partial charge on any atom is -0.354 e. The number of nitrogens with one attached hydrogen (secondary N) is 1. The van der Waals surface area contributed by atoms with Gasteiger partial charge in [-0.3, -0.25) is 13.9 Å². The van der Waals surface area contributed by atoms with Crippen molar-refractivity contribution < 1.29 is 18.0 Å². The van der Waals surface area contributed by atoms with Crippen LogP contribution in [0.2, 0.25) is 5.02 Å². The van der Waals surface area contributed by atoms with Gasteiger partial charge in [-0.15, -0.1) is 0 Å². The molecule has 3 aromatic rings. The molecule has 0 aliphatic heterocycles. The predicted molar refractivity (Wildman–Crippen MR) is 171 cm³/mol. The van der Waals surface area contributed by atoms with E-state index in [1.54, 1.807) is 11.0 Å². The fraction of sp³-hybridized carbons (Fsp3) is 0.394. The first-order valence-corrected chi connectivity index (χ1v) is 16.6. The number of carbonyl (C=O) groups is 2. The van der Waals surface area contributed by atoms with Crippen molar-refractivity contribution in [3.63, 3.8) is 0 Å². The smallest absolute Gasteiger partial charge is 0.243 e. The zero-order valence-electron chi connectivity index (χ0n) is 25.0. The molecular formula is C33H42ClN3O4S. The van der Waals surface area contributed by atoms with Gasteiger partial charge in [0.05, 0.1) is 11.9 Å². The molecule has 0 saturated carbocycles. The Kier molecular flexibility index (Phi) is 12.4. The van der Waals surface area contributed by atoms with Gasteiger partial charge >= 0.3 is 0 Å². The number of carbonyl (C=O) groups excluding carboxylic acids is 2. The summed E-state index contributed by atoms with van der Waals surface area (Å²) in [5.41, 5.74) is 4.06. The van der Waals surface area contributed by atoms with Crippen LogP contribution in [-0.4, -0.2) is 50.5 Å². The monoisotopic (exact) mass is 611 g/mol. The molecule has 226 valence electrons. The van der Waals surface area contributed by atoms with E-state index in [1.165, 1.54) is 10.6 Å². The molecule has 0 aromatic heterocycles. The van der Waals surface area contributed by atoms with E-state index in [2.05, 4.69) is 12.2 Å². The van der Waals surface area contributed by atoms with Crippen LogP contribution in [0.15, 0.2) is 72.8 Å². The standard InChI is InChI=1S/C33H42ClN3O4S/c1-5-6-20-35-33(39)31(23-27-13-8-7-9-14-27)36(24-28-15-10-11-16-29(28)34)32(38)17-12-21-37(42(4,40)41)30-22-25(2)18-19-26(30)3/h7-11,13-16,18-19,22,31H,5-6,12,17,20-21,23-24H2,1-4H3,(H,35,39)/t31-/m1/s1. The van der Waals surface area contributed by atoms with Crippen molar-refractivity contribution in [2.24, 2.45) is 0 Å². The average Bonchev–Trinajstić information content (AvgIpc) is 2.95. The Morgan fingerprint density at radius 2 is 1.64 bits per heavy atom. The van der Waals surface area contributed by atoms with Gasteiger partial charge in [0.1, 0.15) is 6.04 Å². The molecule has 0 spiro atoms. The maximum absolute atomic E-state index is 13.9. The lowest BCUT2D eigenvalue weighted by Gasteiger charge is -2.32. The predicted octanol–water partition coefficient (Wildman–Crippen LogP) is 6.06. The summed E-state index contributed by atoms with van der Waals surface area (Å²) in [5.74, 6) is -0.461. The molecule has 0 saturated heterocycles. The van der Waals surface area contributed by atoms with Crippen molar-refractivity contribution in [3.8, 4) is 0 Å². The number of aryl methyl sites for hydroxylation is 2. The highest BCUT2D eigenvalue weighted by Crippen LogP contribution is 2.25. The Balaban J connectivity index is 1.90. The van der Waals surface area contributed by atoms with Gasteiger partial charge in [-0.1, -0.05) is 85.6 Å². The first-order chi connectivity index (χ1) is 20.0. The maximum Gasteiger partial charge on any atom is 0.243 e. The Morgan fingerprint density at radius 1 is 0.952 bits per heavy atom. The van der Waals surface area contributed by atoms with Crippen LogP contribution in [0, 0.1) is 13.8 Å². The summed E-state index contributed by atoms with van der Waals surface area (Å²) in [6.07, 6.45) is 3.64. The van der Waals surface area contributed by atoms with E-state index in [0.717, 1.165) is 35.1 Å². The number of rotatable bonds is 15. The second kappa shape index (κ2) is 15.8. The lowest BCUT2D eigenvalue weighted by molar-refractivity contribution is -0.141. The van der Waals surface area contributed by atoms with Crippen LogP contribution in [0.25, 0.3) is 0 Å². The molecule has 42 heavy (non-hydrogen) atoms. The number of unbranched alkanes of at least 4 members (excludes halogenated alkanes) is 1. The minimum absolute atomic E-state index is 0.0644. The van der Waals surface area contributed by atoms with Crippen LogP contribution in [0.3, 0.4) is 0 Å². The van der Waals surface area contributed by atoms with Crippen molar-refractivity contribution in [1.82, 2.24) is 10.2 Å². The number of sulfonamides is 1. The Bertz CT molecular complexity index is 1450. The Labute approximate surface area is 255 Å². The van der Waals surface area contributed by atoms with Crippen molar-refractivity contribution >= 4 is 39.1 Å². The molecule has 0 aliphatic rings. The fourth-order valence-electron chi connectivity index (χ4n) is 4.84. The molecule has 7 nitrogen and oxygen atoms in total. The van der Waals surface area contributed by atoms with Gasteiger partial charge in [-0.25, -0.2) is 8.42 Å². The van der Waals surface area contributed by atoms with Gasteiger partial charge in [-0.05, 0) is 61.1 Å². The summed E-state index contributed by atoms with van der Waals surface area (Å²) in [5, 5.41) is 3.53. The third-order valence-corrected chi connectivity index (χ3v) is 8.73. The highest BCUT2D eigenvalue weighted by atomic mass is 35.5. The van der Waals surface area contributed by atoms with E-state index in [-0.39, 0.29) is 37.7 Å². The number of benzene rings is 3. The third kappa shape index (κ3) is 9.60. The maximum atomic E-state index is 13.9. The molecule has 0 heterocycles. The lowest BCUT2D eigenvalue weighted by atomic mass is 10.0. The van der Waals surface area contributed by atoms with E-state index in [9.17, 15) is 18.0 Å². The van der Waals surface area contributed by atoms with Gasteiger partial charge in [0.2, 0.25) is 21.8 Å². The largest absolute Gasteiger partial charge is 0.354 e. The number of anilines is 1. The topological polar surface area (TPSA) is 86.8 Å². The van der Waals surface area contributed by atoms with Crippen molar-refractivity contribution in [2.75, 3.05) is 23.7 Å². The van der Waals surface area contributed by atoms with E-state index < -0.39 is 16.1 Å². The average molecular weight is 612 g/mol. The van der Waals surface area contributed by atoms with E-state index >= 15 is 0 Å². The van der Waals surface area contributed by atoms with Gasteiger partial charge in [0.15, 0.2) is 0 Å². The number of hydrogen-bond donors (Lipinski definition) is 1. The van der Waals surface area contributed by atoms with Gasteiger partial charge in [0.25, 0.3) is 0 Å². The lowest BCUT2D eigenvalue weighted by Crippen LogP contribution is -2.50. The summed E-state index contributed by atoms with van der Waals surface area (Å²) in [6.45, 7) is 6.66. The number of nitrogens with zero attached hydrogens (tertiary/aromatic N) is 2. The first kappa shape index (κ1) is 33.1. The molecule has 0 aliphatic carbocycles. The van der Waals surface area contributed by atoms with Crippen molar-refractivity contribution in [3.05, 3.63) is 100 Å². The second-order valence-corrected chi connectivity index (χ2v) is 13.0. The summed E-state index contributed by atoms with van der Waals surface area (Å²) >= 11 is 6.50.